The number of hydrogen-bond acceptors (Lipinski definition) is 4. The first-order valence-corrected chi connectivity index (χ1v) is 11.9. The number of carbonyl (C=O) groups excluding carboxylic acids is 2. The van der Waals surface area contributed by atoms with Crippen molar-refractivity contribution in [2.24, 2.45) is 0 Å². The number of ether oxygens (including phenoxy) is 1. The molecular weight excluding hydrogens is 485 g/mol. The van der Waals surface area contributed by atoms with Gasteiger partial charge in [0.15, 0.2) is 0 Å². The highest BCUT2D eigenvalue weighted by atomic mass is 19.3. The van der Waals surface area contributed by atoms with Gasteiger partial charge in [0.1, 0.15) is 23.1 Å². The van der Waals surface area contributed by atoms with Crippen molar-refractivity contribution in [2.45, 2.75) is 39.2 Å². The monoisotopic (exact) mass is 512 g/mol. The van der Waals surface area contributed by atoms with Gasteiger partial charge in [-0.1, -0.05) is 12.1 Å². The van der Waals surface area contributed by atoms with Crippen LogP contribution in [0.3, 0.4) is 0 Å². The Morgan fingerprint density at radius 2 is 1.78 bits per heavy atom. The second-order valence-corrected chi connectivity index (χ2v) is 8.94. The molecule has 1 aliphatic rings. The van der Waals surface area contributed by atoms with E-state index in [1.54, 1.807) is 24.0 Å². The lowest BCUT2D eigenvalue weighted by Gasteiger charge is -2.32. The lowest BCUT2D eigenvalue weighted by atomic mass is 9.89. The maximum Gasteiger partial charge on any atom is 0.387 e. The number of piperidine rings is 1. The smallest absolute Gasteiger partial charge is 0.387 e. The third-order valence-electron chi connectivity index (χ3n) is 6.30. The summed E-state index contributed by atoms with van der Waals surface area (Å²) in [7, 11) is 0. The number of furan rings is 1. The first-order valence-electron chi connectivity index (χ1n) is 11.9. The van der Waals surface area contributed by atoms with E-state index in [9.17, 15) is 22.8 Å². The highest BCUT2D eigenvalue weighted by molar-refractivity contribution is 6.06. The standard InChI is InChI=1S/C28H27F3N2O4/c1-17(15-22-8-3-18(2)36-22)26(34)32-21-6-4-19(5-7-21)20-11-13-33(14-12-20)27(35)24-10-9-23(16-25(24)29)37-28(30)31/h3-10,15-16,20,28H,11-14H2,1-2H3,(H,32,34)/b17-15+. The van der Waals surface area contributed by atoms with Crippen molar-refractivity contribution in [3.05, 3.63) is 88.6 Å². The molecule has 4 rings (SSSR count). The number of aryl methyl sites for hydroxylation is 1. The van der Waals surface area contributed by atoms with Crippen molar-refractivity contribution < 1.29 is 31.9 Å². The fraction of sp³-hybridized carbons (Fsp3) is 0.286. The molecule has 3 aromatic rings. The van der Waals surface area contributed by atoms with Crippen LogP contribution in [0.2, 0.25) is 0 Å². The number of nitrogens with zero attached hydrogens (tertiary/aromatic N) is 1. The number of benzene rings is 2. The van der Waals surface area contributed by atoms with E-state index in [-0.39, 0.29) is 23.1 Å². The quantitative estimate of drug-likeness (QED) is 0.373. The summed E-state index contributed by atoms with van der Waals surface area (Å²) in [5, 5.41) is 2.87. The summed E-state index contributed by atoms with van der Waals surface area (Å²) in [5.41, 5.74) is 2.09. The molecule has 0 atom stereocenters. The predicted octanol–water partition coefficient (Wildman–Crippen LogP) is 6.39. The number of halogens is 3. The van der Waals surface area contributed by atoms with Gasteiger partial charge in [0.05, 0.1) is 5.56 Å². The van der Waals surface area contributed by atoms with Crippen LogP contribution in [0.1, 0.15) is 53.1 Å². The second kappa shape index (κ2) is 11.4. The molecule has 1 fully saturated rings. The van der Waals surface area contributed by atoms with E-state index in [4.69, 9.17) is 4.42 Å². The van der Waals surface area contributed by atoms with Crippen molar-refractivity contribution in [1.29, 1.82) is 0 Å². The lowest BCUT2D eigenvalue weighted by Crippen LogP contribution is -2.38. The first-order chi connectivity index (χ1) is 17.7. The lowest BCUT2D eigenvalue weighted by molar-refractivity contribution is -0.112. The molecule has 0 saturated carbocycles. The van der Waals surface area contributed by atoms with Crippen LogP contribution in [0.5, 0.6) is 5.75 Å². The van der Waals surface area contributed by atoms with Crippen LogP contribution in [0.25, 0.3) is 6.08 Å². The van der Waals surface area contributed by atoms with E-state index in [1.807, 2.05) is 37.3 Å². The molecule has 194 valence electrons. The van der Waals surface area contributed by atoms with E-state index in [2.05, 4.69) is 10.1 Å². The molecule has 6 nitrogen and oxygen atoms in total. The second-order valence-electron chi connectivity index (χ2n) is 8.94. The molecule has 2 aromatic carbocycles. The Morgan fingerprint density at radius 3 is 2.38 bits per heavy atom. The summed E-state index contributed by atoms with van der Waals surface area (Å²) in [4.78, 5) is 26.8. The molecule has 1 N–H and O–H groups in total. The van der Waals surface area contributed by atoms with Crippen LogP contribution in [0.15, 0.2) is 64.6 Å². The fourth-order valence-electron chi connectivity index (χ4n) is 4.31. The van der Waals surface area contributed by atoms with Crippen molar-refractivity contribution >= 4 is 23.6 Å². The molecule has 0 radical (unpaired) electrons. The van der Waals surface area contributed by atoms with Crippen LogP contribution >= 0.6 is 0 Å². The Hall–Kier alpha value is -4.01. The topological polar surface area (TPSA) is 71.8 Å². The van der Waals surface area contributed by atoms with E-state index in [0.29, 0.717) is 43.0 Å². The summed E-state index contributed by atoms with van der Waals surface area (Å²) >= 11 is 0. The Balaban J connectivity index is 1.31. The van der Waals surface area contributed by atoms with Gasteiger partial charge in [-0.2, -0.15) is 8.78 Å². The molecule has 2 heterocycles. The molecule has 9 heteroatoms. The first kappa shape index (κ1) is 26.1. The fourth-order valence-corrected chi connectivity index (χ4v) is 4.31. The zero-order chi connectivity index (χ0) is 26.5. The van der Waals surface area contributed by atoms with Crippen molar-refractivity contribution in [3.8, 4) is 5.75 Å². The number of amides is 2. The van der Waals surface area contributed by atoms with Gasteiger partial charge in [-0.3, -0.25) is 9.59 Å². The molecule has 1 aliphatic heterocycles. The van der Waals surface area contributed by atoms with E-state index < -0.39 is 18.3 Å². The van der Waals surface area contributed by atoms with Crippen LogP contribution in [-0.4, -0.2) is 36.4 Å². The van der Waals surface area contributed by atoms with Gasteiger partial charge in [0, 0.05) is 30.4 Å². The van der Waals surface area contributed by atoms with E-state index >= 15 is 0 Å². The normalized spacial score (nSPS) is 14.6. The third kappa shape index (κ3) is 6.61. The molecule has 0 aliphatic carbocycles. The zero-order valence-corrected chi connectivity index (χ0v) is 20.5. The van der Waals surface area contributed by atoms with Gasteiger partial charge >= 0.3 is 6.61 Å². The van der Waals surface area contributed by atoms with Gasteiger partial charge < -0.3 is 19.4 Å². The Morgan fingerprint density at radius 1 is 1.08 bits per heavy atom. The minimum Gasteiger partial charge on any atom is -0.462 e. The molecule has 0 unspecified atom stereocenters. The van der Waals surface area contributed by atoms with Crippen molar-refractivity contribution in [1.82, 2.24) is 4.90 Å². The summed E-state index contributed by atoms with van der Waals surface area (Å²) in [5.74, 6) is -0.335. The maximum atomic E-state index is 14.3. The maximum absolute atomic E-state index is 14.3. The highest BCUT2D eigenvalue weighted by Gasteiger charge is 2.26. The average Bonchev–Trinajstić information content (AvgIpc) is 3.28. The van der Waals surface area contributed by atoms with Gasteiger partial charge in [-0.25, -0.2) is 4.39 Å². The Bertz CT molecular complexity index is 1290. The van der Waals surface area contributed by atoms with E-state index in [1.165, 1.54) is 6.07 Å². The van der Waals surface area contributed by atoms with Crippen molar-refractivity contribution in [3.63, 3.8) is 0 Å². The average molecular weight is 513 g/mol. The number of nitrogens with one attached hydrogen (secondary N) is 1. The molecule has 0 spiro atoms. The largest absolute Gasteiger partial charge is 0.462 e. The Labute approximate surface area is 212 Å². The summed E-state index contributed by atoms with van der Waals surface area (Å²) in [6.07, 6.45) is 3.06. The number of carbonyl (C=O) groups is 2. The number of likely N-dealkylation sites (tertiary alicyclic amines) is 1. The third-order valence-corrected chi connectivity index (χ3v) is 6.30. The SMILES string of the molecule is C/C(=C\c1ccc(C)o1)C(=O)Nc1ccc(C2CCN(C(=O)c3ccc(OC(F)F)cc3F)CC2)cc1. The molecular formula is C28H27F3N2O4. The van der Waals surface area contributed by atoms with Crippen LogP contribution < -0.4 is 10.1 Å². The minimum absolute atomic E-state index is 0.174. The highest BCUT2D eigenvalue weighted by Crippen LogP contribution is 2.30. The van der Waals surface area contributed by atoms with Gasteiger partial charge in [0.25, 0.3) is 11.8 Å². The van der Waals surface area contributed by atoms with Gasteiger partial charge in [-0.05, 0) is 80.6 Å². The molecule has 1 aromatic heterocycles. The van der Waals surface area contributed by atoms with E-state index in [0.717, 1.165) is 23.5 Å². The van der Waals surface area contributed by atoms with Gasteiger partial charge in [-0.15, -0.1) is 0 Å². The molecule has 1 saturated heterocycles. The molecule has 0 bridgehead atoms. The predicted molar refractivity (Wildman–Crippen MR) is 133 cm³/mol. The molecule has 2 amide bonds. The van der Waals surface area contributed by atoms with Crippen LogP contribution in [0.4, 0.5) is 18.9 Å². The van der Waals surface area contributed by atoms with Crippen LogP contribution in [0, 0.1) is 12.7 Å². The zero-order valence-electron chi connectivity index (χ0n) is 20.5. The Kier molecular flexibility index (Phi) is 8.01. The summed E-state index contributed by atoms with van der Waals surface area (Å²) < 4.78 is 48.6. The number of rotatable bonds is 7. The number of alkyl halides is 2. The van der Waals surface area contributed by atoms with Gasteiger partial charge in [0.2, 0.25) is 0 Å². The van der Waals surface area contributed by atoms with Crippen LogP contribution in [-0.2, 0) is 4.79 Å². The summed E-state index contributed by atoms with van der Waals surface area (Å²) in [6.45, 7) is 1.36. The number of anilines is 1. The van der Waals surface area contributed by atoms with Crippen molar-refractivity contribution in [2.75, 3.05) is 18.4 Å². The summed E-state index contributed by atoms with van der Waals surface area (Å²) in [6, 6.07) is 14.3. The minimum atomic E-state index is -3.07. The number of hydrogen-bond donors (Lipinski definition) is 1. The molecule has 37 heavy (non-hydrogen) atoms.